The molecule has 1 unspecified atom stereocenters. The van der Waals surface area contributed by atoms with E-state index in [0.29, 0.717) is 22.6 Å². The Balaban J connectivity index is 1.61. The summed E-state index contributed by atoms with van der Waals surface area (Å²) >= 11 is 0. The smallest absolute Gasteiger partial charge is 0.416 e. The second-order valence-electron chi connectivity index (χ2n) is 8.43. The summed E-state index contributed by atoms with van der Waals surface area (Å²) in [5, 5.41) is 0. The van der Waals surface area contributed by atoms with Crippen LogP contribution in [0.15, 0.2) is 71.6 Å². The molecule has 1 aliphatic heterocycles. The van der Waals surface area contributed by atoms with Crippen molar-refractivity contribution in [3.8, 4) is 11.5 Å². The van der Waals surface area contributed by atoms with Gasteiger partial charge < -0.3 is 9.47 Å². The van der Waals surface area contributed by atoms with Crippen LogP contribution in [0.1, 0.15) is 41.5 Å². The number of halogens is 3. The average Bonchev–Trinajstić information content (AvgIpc) is 3.30. The average molecular weight is 520 g/mol. The Morgan fingerprint density at radius 3 is 2.22 bits per heavy atom. The highest BCUT2D eigenvalue weighted by atomic mass is 32.2. The van der Waals surface area contributed by atoms with Gasteiger partial charge in [-0.1, -0.05) is 43.7 Å². The minimum atomic E-state index is -4.49. The van der Waals surface area contributed by atoms with Crippen molar-refractivity contribution in [1.82, 2.24) is 4.72 Å². The van der Waals surface area contributed by atoms with Crippen LogP contribution in [0, 0.1) is 0 Å². The van der Waals surface area contributed by atoms with Crippen molar-refractivity contribution in [2.45, 2.75) is 43.2 Å². The Hall–Kier alpha value is -3.53. The quantitative estimate of drug-likeness (QED) is 0.442. The zero-order chi connectivity index (χ0) is 25.9. The summed E-state index contributed by atoms with van der Waals surface area (Å²) in [5.74, 6) is -0.962. The van der Waals surface area contributed by atoms with Crippen molar-refractivity contribution in [3.63, 3.8) is 0 Å². The van der Waals surface area contributed by atoms with Gasteiger partial charge in [-0.2, -0.15) is 13.2 Å². The summed E-state index contributed by atoms with van der Waals surface area (Å²) in [6.07, 6.45) is -2.82. The molecule has 0 bridgehead atoms. The largest absolute Gasteiger partial charge is 0.454 e. The summed E-state index contributed by atoms with van der Waals surface area (Å²) in [6.45, 7) is 2.02. The molecule has 3 aromatic carbocycles. The van der Waals surface area contributed by atoms with Gasteiger partial charge in [0.25, 0.3) is 10.0 Å². The molecule has 0 saturated carbocycles. The lowest BCUT2D eigenvalue weighted by molar-refractivity contribution is -0.137. The normalized spacial score (nSPS) is 13.9. The number of hydrogen-bond donors (Lipinski definition) is 1. The van der Waals surface area contributed by atoms with Gasteiger partial charge in [-0.3, -0.25) is 4.79 Å². The standard InChI is InChI=1S/C26H24F3NO5S/c1-2-3-17-6-11-21(12-7-17)36(32,33)30-25(31)22(19-8-13-23-24(15-19)35-16-34-23)14-18-4-9-20(10-5-18)26(27,28)29/h4-13,15,22H,2-3,14,16H2,1H3,(H,30,31). The van der Waals surface area contributed by atoms with Gasteiger partial charge in [0, 0.05) is 0 Å². The molecule has 10 heteroatoms. The highest BCUT2D eigenvalue weighted by molar-refractivity contribution is 7.90. The molecule has 0 saturated heterocycles. The van der Waals surface area contributed by atoms with Crippen LogP contribution in [0.2, 0.25) is 0 Å². The molecular weight excluding hydrogens is 495 g/mol. The van der Waals surface area contributed by atoms with E-state index in [1.807, 2.05) is 6.92 Å². The Morgan fingerprint density at radius 2 is 1.58 bits per heavy atom. The lowest BCUT2D eigenvalue weighted by Crippen LogP contribution is -2.35. The first-order chi connectivity index (χ1) is 17.1. The fourth-order valence-corrected chi connectivity index (χ4v) is 4.96. The third kappa shape index (κ3) is 5.81. The Bertz CT molecular complexity index is 1340. The first-order valence-electron chi connectivity index (χ1n) is 11.3. The Kier molecular flexibility index (Phi) is 7.26. The first kappa shape index (κ1) is 25.6. The van der Waals surface area contributed by atoms with Crippen molar-refractivity contribution in [2.75, 3.05) is 6.79 Å². The van der Waals surface area contributed by atoms with Gasteiger partial charge in [0.1, 0.15) is 0 Å². The van der Waals surface area contributed by atoms with Crippen LogP contribution in [-0.2, 0) is 33.8 Å². The lowest BCUT2D eigenvalue weighted by atomic mass is 9.91. The van der Waals surface area contributed by atoms with Crippen LogP contribution in [0.5, 0.6) is 11.5 Å². The van der Waals surface area contributed by atoms with Gasteiger partial charge in [-0.25, -0.2) is 13.1 Å². The van der Waals surface area contributed by atoms with E-state index in [0.717, 1.165) is 30.5 Å². The molecule has 0 aliphatic carbocycles. The topological polar surface area (TPSA) is 81.7 Å². The number of carbonyl (C=O) groups is 1. The SMILES string of the molecule is CCCc1ccc(S(=O)(=O)NC(=O)C(Cc2ccc(C(F)(F)F)cc2)c2ccc3c(c2)OCO3)cc1. The molecule has 1 heterocycles. The van der Waals surface area contributed by atoms with E-state index in [-0.39, 0.29) is 18.1 Å². The minimum Gasteiger partial charge on any atom is -0.454 e. The van der Waals surface area contributed by atoms with E-state index in [9.17, 15) is 26.4 Å². The number of fused-ring (bicyclic) bond motifs is 1. The summed E-state index contributed by atoms with van der Waals surface area (Å²) in [5.41, 5.74) is 1.03. The zero-order valence-corrected chi connectivity index (χ0v) is 20.2. The molecule has 0 spiro atoms. The molecule has 0 radical (unpaired) electrons. The van der Waals surface area contributed by atoms with Gasteiger partial charge in [-0.05, 0) is 65.9 Å². The first-order valence-corrected chi connectivity index (χ1v) is 12.8. The molecule has 0 aromatic heterocycles. The van der Waals surface area contributed by atoms with E-state index < -0.39 is 33.6 Å². The number of benzene rings is 3. The number of ether oxygens (including phenoxy) is 2. The zero-order valence-electron chi connectivity index (χ0n) is 19.3. The highest BCUT2D eigenvalue weighted by Gasteiger charge is 2.31. The summed E-state index contributed by atoms with van der Waals surface area (Å²) < 4.78 is 77.6. The van der Waals surface area contributed by atoms with Gasteiger partial charge in [-0.15, -0.1) is 0 Å². The van der Waals surface area contributed by atoms with Crippen LogP contribution in [0.25, 0.3) is 0 Å². The van der Waals surface area contributed by atoms with Crippen molar-refractivity contribution in [3.05, 3.63) is 89.0 Å². The van der Waals surface area contributed by atoms with Gasteiger partial charge in [0.05, 0.1) is 16.4 Å². The molecular formula is C26H24F3NO5S. The second-order valence-corrected chi connectivity index (χ2v) is 10.1. The number of aryl methyl sites for hydroxylation is 1. The number of nitrogens with one attached hydrogen (secondary N) is 1. The van der Waals surface area contributed by atoms with Crippen LogP contribution in [-0.4, -0.2) is 21.1 Å². The van der Waals surface area contributed by atoms with Crippen LogP contribution < -0.4 is 14.2 Å². The number of carbonyl (C=O) groups excluding carboxylic acids is 1. The maximum Gasteiger partial charge on any atom is 0.416 e. The molecule has 1 atom stereocenters. The third-order valence-electron chi connectivity index (χ3n) is 5.84. The Labute approximate surface area is 207 Å². The maximum absolute atomic E-state index is 13.3. The van der Waals surface area contributed by atoms with Crippen LogP contribution in [0.4, 0.5) is 13.2 Å². The molecule has 4 rings (SSSR count). The van der Waals surface area contributed by atoms with Crippen molar-refractivity contribution in [2.24, 2.45) is 0 Å². The highest BCUT2D eigenvalue weighted by Crippen LogP contribution is 2.36. The summed E-state index contributed by atoms with van der Waals surface area (Å²) in [4.78, 5) is 13.2. The minimum absolute atomic E-state index is 0.0109. The molecule has 6 nitrogen and oxygen atoms in total. The number of sulfonamides is 1. The molecule has 190 valence electrons. The molecule has 1 amide bonds. The number of rotatable bonds is 8. The van der Waals surface area contributed by atoms with Crippen LogP contribution in [0.3, 0.4) is 0 Å². The predicted octanol–water partition coefficient (Wildman–Crippen LogP) is 5.22. The van der Waals surface area contributed by atoms with E-state index in [1.165, 1.54) is 24.3 Å². The number of hydrogen-bond acceptors (Lipinski definition) is 5. The van der Waals surface area contributed by atoms with E-state index in [1.54, 1.807) is 30.3 Å². The molecule has 1 aliphatic rings. The fourth-order valence-electron chi connectivity index (χ4n) is 3.94. The number of alkyl halides is 3. The predicted molar refractivity (Wildman–Crippen MR) is 126 cm³/mol. The van der Waals surface area contributed by atoms with E-state index in [2.05, 4.69) is 4.72 Å². The van der Waals surface area contributed by atoms with Crippen molar-refractivity contribution >= 4 is 15.9 Å². The van der Waals surface area contributed by atoms with Gasteiger partial charge >= 0.3 is 6.18 Å². The fraction of sp³-hybridized carbons (Fsp3) is 0.269. The monoisotopic (exact) mass is 519 g/mol. The van der Waals surface area contributed by atoms with E-state index >= 15 is 0 Å². The number of amides is 1. The van der Waals surface area contributed by atoms with Crippen molar-refractivity contribution in [1.29, 1.82) is 0 Å². The van der Waals surface area contributed by atoms with Gasteiger partial charge in [0.2, 0.25) is 12.7 Å². The van der Waals surface area contributed by atoms with E-state index in [4.69, 9.17) is 9.47 Å². The van der Waals surface area contributed by atoms with Gasteiger partial charge in [0.15, 0.2) is 11.5 Å². The summed E-state index contributed by atoms with van der Waals surface area (Å²) in [6, 6.07) is 15.5. The molecule has 1 N–H and O–H groups in total. The summed E-state index contributed by atoms with van der Waals surface area (Å²) in [7, 11) is -4.18. The molecule has 0 fully saturated rings. The van der Waals surface area contributed by atoms with Crippen LogP contribution >= 0.6 is 0 Å². The lowest BCUT2D eigenvalue weighted by Gasteiger charge is -2.18. The molecule has 36 heavy (non-hydrogen) atoms. The second kappa shape index (κ2) is 10.2. The third-order valence-corrected chi connectivity index (χ3v) is 7.21. The Morgan fingerprint density at radius 1 is 0.944 bits per heavy atom. The maximum atomic E-state index is 13.3. The molecule has 3 aromatic rings. The van der Waals surface area contributed by atoms with Crippen molar-refractivity contribution < 1.29 is 35.9 Å².